The fraction of sp³-hybridized carbons (Fsp3) is 0.292. The van der Waals surface area contributed by atoms with E-state index >= 15 is 0 Å². The molecule has 0 saturated carbocycles. The van der Waals surface area contributed by atoms with E-state index in [1.807, 2.05) is 31.2 Å². The molecule has 3 nitrogen and oxygen atoms in total. The van der Waals surface area contributed by atoms with Gasteiger partial charge in [-0.05, 0) is 43.5 Å². The third-order valence-electron chi connectivity index (χ3n) is 4.46. The number of rotatable bonds is 9. The van der Waals surface area contributed by atoms with Crippen molar-refractivity contribution in [3.8, 4) is 0 Å². The summed E-state index contributed by atoms with van der Waals surface area (Å²) in [5.41, 5.74) is 3.61. The van der Waals surface area contributed by atoms with E-state index in [0.29, 0.717) is 0 Å². The average Bonchev–Trinajstić information content (AvgIpc) is 2.97. The molecule has 154 valence electrons. The minimum atomic E-state index is -0.205. The van der Waals surface area contributed by atoms with Crippen molar-refractivity contribution in [1.82, 2.24) is 9.62 Å². The monoisotopic (exact) mass is 412 g/mol. The molecule has 1 amide bonds. The highest BCUT2D eigenvalue weighted by Gasteiger charge is 2.29. The van der Waals surface area contributed by atoms with Crippen LogP contribution in [0.2, 0.25) is 0 Å². The molecule has 5 heteroatoms. The lowest BCUT2D eigenvalue weighted by Crippen LogP contribution is -2.23. The molecule has 1 heterocycles. The minimum absolute atomic E-state index is 0.0703. The summed E-state index contributed by atoms with van der Waals surface area (Å²) in [4.78, 5) is 14.2. The van der Waals surface area contributed by atoms with Crippen LogP contribution in [0.3, 0.4) is 0 Å². The summed E-state index contributed by atoms with van der Waals surface area (Å²) in [6.45, 7) is 10.8. The van der Waals surface area contributed by atoms with Gasteiger partial charge in [0.05, 0.1) is 0 Å². The highest BCUT2D eigenvalue weighted by molar-refractivity contribution is 7.97. The van der Waals surface area contributed by atoms with E-state index in [-0.39, 0.29) is 11.7 Å². The molecule has 0 radical (unpaired) electrons. The van der Waals surface area contributed by atoms with Gasteiger partial charge in [-0.3, -0.25) is 9.52 Å². The maximum Gasteiger partial charge on any atom is 0.258 e. The number of hydrogen-bond acceptors (Lipinski definition) is 3. The molecule has 1 aliphatic heterocycles. The Labute approximate surface area is 177 Å². The van der Waals surface area contributed by atoms with Crippen molar-refractivity contribution < 1.29 is 9.18 Å². The molecule has 0 atom stereocenters. The van der Waals surface area contributed by atoms with Gasteiger partial charge in [-0.25, -0.2) is 4.39 Å². The van der Waals surface area contributed by atoms with Crippen LogP contribution in [0.25, 0.3) is 5.70 Å². The van der Waals surface area contributed by atoms with Crippen LogP contribution < -0.4 is 4.72 Å². The predicted octanol–water partition coefficient (Wildman–Crippen LogP) is 6.05. The average molecular weight is 413 g/mol. The van der Waals surface area contributed by atoms with Crippen LogP contribution in [-0.4, -0.2) is 23.1 Å². The first-order valence-electron chi connectivity index (χ1n) is 9.84. The van der Waals surface area contributed by atoms with Crippen LogP contribution in [0.15, 0.2) is 67.8 Å². The molecule has 0 aromatic heterocycles. The number of fused-ring (bicyclic) bond motifs is 1. The van der Waals surface area contributed by atoms with E-state index in [9.17, 15) is 9.18 Å². The number of benzene rings is 2. The Kier molecular flexibility index (Phi) is 9.68. The number of hydrogen-bond donors (Lipinski definition) is 1. The molecule has 0 aliphatic carbocycles. The van der Waals surface area contributed by atoms with Gasteiger partial charge in [-0.15, -0.1) is 6.58 Å². The number of amides is 1. The van der Waals surface area contributed by atoms with Gasteiger partial charge in [-0.2, -0.15) is 0 Å². The molecule has 29 heavy (non-hydrogen) atoms. The minimum Gasteiger partial charge on any atom is -0.308 e. The summed E-state index contributed by atoms with van der Waals surface area (Å²) >= 11 is 1.68. The smallest absolute Gasteiger partial charge is 0.258 e. The number of carbonyl (C=O) groups excluding carboxylic acids is 1. The van der Waals surface area contributed by atoms with E-state index in [1.54, 1.807) is 35.1 Å². The summed E-state index contributed by atoms with van der Waals surface area (Å²) in [6.07, 6.45) is 4.87. The number of halogens is 1. The SMILES string of the molecule is C=C1c2ccccc2C(=O)N1CCCCCSNCc1ccc(F)cc1.C=CC. The fourth-order valence-corrected chi connectivity index (χ4v) is 3.76. The van der Waals surface area contributed by atoms with Crippen molar-refractivity contribution in [3.05, 3.63) is 90.3 Å². The van der Waals surface area contributed by atoms with E-state index < -0.39 is 0 Å². The summed E-state index contributed by atoms with van der Waals surface area (Å²) in [5, 5.41) is 0. The number of allylic oxidation sites excluding steroid dienone is 1. The maximum atomic E-state index is 12.8. The van der Waals surface area contributed by atoms with Crippen molar-refractivity contribution in [2.45, 2.75) is 32.7 Å². The zero-order valence-corrected chi connectivity index (χ0v) is 17.8. The Balaban J connectivity index is 0.000000941. The molecular weight excluding hydrogens is 383 g/mol. The van der Waals surface area contributed by atoms with Gasteiger partial charge in [0.1, 0.15) is 5.82 Å². The highest BCUT2D eigenvalue weighted by atomic mass is 32.2. The molecule has 1 aliphatic rings. The first kappa shape index (κ1) is 22.9. The fourth-order valence-electron chi connectivity index (χ4n) is 3.00. The maximum absolute atomic E-state index is 12.8. The van der Waals surface area contributed by atoms with Gasteiger partial charge in [0.25, 0.3) is 5.91 Å². The number of nitrogens with one attached hydrogen (secondary N) is 1. The Morgan fingerprint density at radius 1 is 1.07 bits per heavy atom. The standard InChI is InChI=1S/C21H23FN2OS.C3H6/c1-16-19-7-3-4-8-20(19)21(25)24(16)13-5-2-6-14-26-23-15-17-9-11-18(22)12-10-17;1-3-2/h3-4,7-12,23H,1-2,5-6,13-15H2;3H,1H2,2H3. The first-order chi connectivity index (χ1) is 14.1. The lowest BCUT2D eigenvalue weighted by atomic mass is 10.1. The van der Waals surface area contributed by atoms with Crippen LogP contribution >= 0.6 is 11.9 Å². The van der Waals surface area contributed by atoms with Gasteiger partial charge >= 0.3 is 0 Å². The topological polar surface area (TPSA) is 32.3 Å². The van der Waals surface area contributed by atoms with Gasteiger partial charge in [0, 0.05) is 35.7 Å². The van der Waals surface area contributed by atoms with Crippen molar-refractivity contribution in [2.75, 3.05) is 12.3 Å². The Morgan fingerprint density at radius 3 is 2.38 bits per heavy atom. The van der Waals surface area contributed by atoms with Gasteiger partial charge < -0.3 is 4.90 Å². The Morgan fingerprint density at radius 2 is 1.72 bits per heavy atom. The molecule has 0 unspecified atom stereocenters. The molecule has 0 saturated heterocycles. The lowest BCUT2D eigenvalue weighted by Gasteiger charge is -2.17. The van der Waals surface area contributed by atoms with E-state index in [2.05, 4.69) is 17.9 Å². The van der Waals surface area contributed by atoms with E-state index in [4.69, 9.17) is 0 Å². The molecular formula is C24H29FN2OS. The molecule has 2 aromatic rings. The van der Waals surface area contributed by atoms with Gasteiger partial charge in [0.15, 0.2) is 0 Å². The zero-order chi connectivity index (χ0) is 21.1. The molecule has 3 rings (SSSR count). The molecule has 0 fully saturated rings. The zero-order valence-electron chi connectivity index (χ0n) is 17.0. The Bertz CT molecular complexity index is 785. The predicted molar refractivity (Wildman–Crippen MR) is 122 cm³/mol. The van der Waals surface area contributed by atoms with Crippen molar-refractivity contribution in [3.63, 3.8) is 0 Å². The second-order valence-electron chi connectivity index (χ2n) is 6.71. The molecule has 0 bridgehead atoms. The van der Waals surface area contributed by atoms with Crippen molar-refractivity contribution in [2.24, 2.45) is 0 Å². The third-order valence-corrected chi connectivity index (χ3v) is 5.30. The highest BCUT2D eigenvalue weighted by Crippen LogP contribution is 2.31. The second-order valence-corrected chi connectivity index (χ2v) is 7.70. The largest absolute Gasteiger partial charge is 0.308 e. The van der Waals surface area contributed by atoms with Gasteiger partial charge in [-0.1, -0.05) is 61.4 Å². The van der Waals surface area contributed by atoms with Crippen molar-refractivity contribution in [1.29, 1.82) is 0 Å². The number of unbranched alkanes of at least 4 members (excludes halogenated alkanes) is 2. The molecule has 0 spiro atoms. The number of carbonyl (C=O) groups is 1. The summed E-state index contributed by atoms with van der Waals surface area (Å²) in [7, 11) is 0. The third kappa shape index (κ3) is 6.87. The summed E-state index contributed by atoms with van der Waals surface area (Å²) < 4.78 is 16.1. The quantitative estimate of drug-likeness (QED) is 0.309. The van der Waals surface area contributed by atoms with Crippen LogP contribution in [0.5, 0.6) is 0 Å². The summed E-state index contributed by atoms with van der Waals surface area (Å²) in [5.74, 6) is 0.876. The summed E-state index contributed by atoms with van der Waals surface area (Å²) in [6, 6.07) is 14.2. The van der Waals surface area contributed by atoms with Crippen LogP contribution in [0, 0.1) is 5.82 Å². The van der Waals surface area contributed by atoms with E-state index in [1.165, 1.54) is 12.1 Å². The lowest BCUT2D eigenvalue weighted by molar-refractivity contribution is 0.0849. The van der Waals surface area contributed by atoms with E-state index in [0.717, 1.165) is 60.5 Å². The molecule has 2 aromatic carbocycles. The van der Waals surface area contributed by atoms with Crippen molar-refractivity contribution >= 4 is 23.6 Å². The second kappa shape index (κ2) is 12.2. The Hall–Kier alpha value is -2.37. The molecule has 1 N–H and O–H groups in total. The first-order valence-corrected chi connectivity index (χ1v) is 10.8. The number of nitrogens with zero attached hydrogens (tertiary/aromatic N) is 1. The normalized spacial score (nSPS) is 12.4. The van der Waals surface area contributed by atoms with Gasteiger partial charge in [0.2, 0.25) is 0 Å². The van der Waals surface area contributed by atoms with Crippen LogP contribution in [0.4, 0.5) is 4.39 Å². The van der Waals surface area contributed by atoms with Crippen LogP contribution in [-0.2, 0) is 6.54 Å². The van der Waals surface area contributed by atoms with Crippen LogP contribution in [0.1, 0.15) is 47.7 Å².